The largest absolute Gasteiger partial charge is 0.490 e. The zero-order valence-corrected chi connectivity index (χ0v) is 29.1. The third kappa shape index (κ3) is 9.03. The summed E-state index contributed by atoms with van der Waals surface area (Å²) in [5.41, 5.74) is 2.74. The lowest BCUT2D eigenvalue weighted by atomic mass is 9.77. The molecular formula is C39H58N2O3. The van der Waals surface area contributed by atoms with Gasteiger partial charge in [0.1, 0.15) is 35.1 Å². The standard InChI is InChI=1S/C39H58N2O3/c1-36(2,3)35-20-27-19-31(14-15-34(27)44-35)43-33-23-29(24-33)41-39(9,10)17-16-38(7,8)25-26-12-11-13-30(18-26)42-32-21-28(22-32)40-37(4,5)6/h11-15,18-20,28-29,32-33,40-41H,16-17,21-25H2,1-10H3/t28?,29-,32?,33-. The Kier molecular flexibility index (Phi) is 9.24. The minimum absolute atomic E-state index is 0.00120. The maximum Gasteiger partial charge on any atom is 0.134 e. The first-order valence-electron chi connectivity index (χ1n) is 16.9. The van der Waals surface area contributed by atoms with Gasteiger partial charge in [0, 0.05) is 34.0 Å². The van der Waals surface area contributed by atoms with Crippen LogP contribution in [0.1, 0.15) is 119 Å². The van der Waals surface area contributed by atoms with Gasteiger partial charge in [-0.1, -0.05) is 46.8 Å². The van der Waals surface area contributed by atoms with E-state index in [1.165, 1.54) is 5.56 Å². The maximum atomic E-state index is 6.35. The Hall–Kier alpha value is -2.50. The molecule has 44 heavy (non-hydrogen) atoms. The molecule has 1 aromatic heterocycles. The van der Waals surface area contributed by atoms with Crippen molar-refractivity contribution in [1.82, 2.24) is 10.6 Å². The van der Waals surface area contributed by atoms with Crippen molar-refractivity contribution in [3.8, 4) is 11.5 Å². The third-order valence-electron chi connectivity index (χ3n) is 9.26. The average molecular weight is 603 g/mol. The van der Waals surface area contributed by atoms with E-state index < -0.39 is 0 Å². The summed E-state index contributed by atoms with van der Waals surface area (Å²) in [6, 6.07) is 18.2. The van der Waals surface area contributed by atoms with Gasteiger partial charge in [-0.25, -0.2) is 0 Å². The molecule has 2 saturated carbocycles. The van der Waals surface area contributed by atoms with E-state index in [1.807, 2.05) is 12.1 Å². The van der Waals surface area contributed by atoms with Crippen LogP contribution in [-0.4, -0.2) is 35.4 Å². The van der Waals surface area contributed by atoms with Crippen LogP contribution in [0.3, 0.4) is 0 Å². The fourth-order valence-corrected chi connectivity index (χ4v) is 6.67. The molecule has 0 unspecified atom stereocenters. The molecule has 0 radical (unpaired) electrons. The molecule has 0 saturated heterocycles. The normalized spacial score (nSPS) is 22.9. The molecule has 5 nitrogen and oxygen atoms in total. The highest BCUT2D eigenvalue weighted by atomic mass is 16.5. The summed E-state index contributed by atoms with van der Waals surface area (Å²) in [6.45, 7) is 22.7. The molecule has 0 aliphatic heterocycles. The van der Waals surface area contributed by atoms with E-state index >= 15 is 0 Å². The fourth-order valence-electron chi connectivity index (χ4n) is 6.67. The lowest BCUT2D eigenvalue weighted by Crippen LogP contribution is -2.54. The van der Waals surface area contributed by atoms with Crippen LogP contribution in [0, 0.1) is 5.41 Å². The maximum absolute atomic E-state index is 6.35. The van der Waals surface area contributed by atoms with Crippen molar-refractivity contribution in [2.45, 2.75) is 155 Å². The Morgan fingerprint density at radius 1 is 0.705 bits per heavy atom. The van der Waals surface area contributed by atoms with Crippen LogP contribution in [0.25, 0.3) is 11.0 Å². The summed E-state index contributed by atoms with van der Waals surface area (Å²) in [4.78, 5) is 0. The van der Waals surface area contributed by atoms with Gasteiger partial charge < -0.3 is 24.5 Å². The van der Waals surface area contributed by atoms with Gasteiger partial charge in [-0.05, 0) is 127 Å². The lowest BCUT2D eigenvalue weighted by Gasteiger charge is -2.42. The number of hydrogen-bond acceptors (Lipinski definition) is 5. The summed E-state index contributed by atoms with van der Waals surface area (Å²) in [5, 5.41) is 8.74. The minimum atomic E-state index is -0.00120. The summed E-state index contributed by atoms with van der Waals surface area (Å²) in [5.74, 6) is 2.96. The van der Waals surface area contributed by atoms with Crippen molar-refractivity contribution in [2.75, 3.05) is 0 Å². The molecule has 5 heteroatoms. The number of ether oxygens (including phenoxy) is 2. The molecule has 242 valence electrons. The molecular weight excluding hydrogens is 544 g/mol. The summed E-state index contributed by atoms with van der Waals surface area (Å²) >= 11 is 0. The predicted octanol–water partition coefficient (Wildman–Crippen LogP) is 9.36. The first-order chi connectivity index (χ1) is 20.4. The van der Waals surface area contributed by atoms with Gasteiger partial charge >= 0.3 is 0 Å². The Labute approximate surface area is 266 Å². The Morgan fingerprint density at radius 2 is 1.32 bits per heavy atom. The van der Waals surface area contributed by atoms with Gasteiger partial charge in [0.25, 0.3) is 0 Å². The van der Waals surface area contributed by atoms with Crippen molar-refractivity contribution in [1.29, 1.82) is 0 Å². The van der Waals surface area contributed by atoms with Crippen molar-refractivity contribution < 1.29 is 13.9 Å². The molecule has 1 heterocycles. The second-order valence-electron chi connectivity index (χ2n) is 17.3. The van der Waals surface area contributed by atoms with E-state index in [2.05, 4.69) is 116 Å². The highest BCUT2D eigenvalue weighted by Crippen LogP contribution is 2.36. The minimum Gasteiger partial charge on any atom is -0.490 e. The van der Waals surface area contributed by atoms with E-state index in [1.54, 1.807) is 0 Å². The molecule has 2 N–H and O–H groups in total. The van der Waals surface area contributed by atoms with E-state index in [-0.39, 0.29) is 28.0 Å². The van der Waals surface area contributed by atoms with Crippen LogP contribution in [-0.2, 0) is 11.8 Å². The molecule has 5 rings (SSSR count). The molecule has 2 aromatic carbocycles. The van der Waals surface area contributed by atoms with Crippen LogP contribution in [0.15, 0.2) is 52.9 Å². The summed E-state index contributed by atoms with van der Waals surface area (Å²) in [7, 11) is 0. The SMILES string of the molecule is CC(C)(CCC(C)(C)N[C@H]1C[C@H](Oc2ccc3oc(C(C)(C)C)cc3c2)C1)Cc1cccc(OC2CC(NC(C)(C)C)C2)c1. The molecule has 2 fully saturated rings. The number of rotatable bonds is 12. The Bertz CT molecular complexity index is 1390. The molecule has 2 aliphatic rings. The van der Waals surface area contributed by atoms with Gasteiger partial charge in [-0.15, -0.1) is 0 Å². The number of benzene rings is 2. The Balaban J connectivity index is 1.04. The first kappa shape index (κ1) is 32.9. The van der Waals surface area contributed by atoms with Gasteiger partial charge in [0.2, 0.25) is 0 Å². The second kappa shape index (κ2) is 12.4. The van der Waals surface area contributed by atoms with Gasteiger partial charge in [0.05, 0.1) is 0 Å². The topological polar surface area (TPSA) is 55.7 Å². The Morgan fingerprint density at radius 3 is 1.93 bits per heavy atom. The van der Waals surface area contributed by atoms with Crippen molar-refractivity contribution in [3.05, 3.63) is 59.9 Å². The van der Waals surface area contributed by atoms with Crippen LogP contribution < -0.4 is 20.1 Å². The zero-order valence-electron chi connectivity index (χ0n) is 29.1. The summed E-state index contributed by atoms with van der Waals surface area (Å²) in [6.07, 6.45) is 8.20. The van der Waals surface area contributed by atoms with E-state index in [4.69, 9.17) is 13.9 Å². The van der Waals surface area contributed by atoms with Gasteiger partial charge in [-0.3, -0.25) is 0 Å². The van der Waals surface area contributed by atoms with Crippen LogP contribution in [0.5, 0.6) is 11.5 Å². The van der Waals surface area contributed by atoms with E-state index in [9.17, 15) is 0 Å². The van der Waals surface area contributed by atoms with Gasteiger partial charge in [0.15, 0.2) is 0 Å². The van der Waals surface area contributed by atoms with E-state index in [0.717, 1.165) is 73.2 Å². The molecule has 2 aliphatic carbocycles. The molecule has 0 spiro atoms. The van der Waals surface area contributed by atoms with Crippen LogP contribution in [0.2, 0.25) is 0 Å². The number of fused-ring (bicyclic) bond motifs is 1. The lowest BCUT2D eigenvalue weighted by molar-refractivity contribution is 0.0681. The predicted molar refractivity (Wildman–Crippen MR) is 183 cm³/mol. The zero-order chi connectivity index (χ0) is 31.9. The number of hydrogen-bond donors (Lipinski definition) is 2. The number of furan rings is 1. The smallest absolute Gasteiger partial charge is 0.134 e. The fraction of sp³-hybridized carbons (Fsp3) is 0.641. The first-order valence-corrected chi connectivity index (χ1v) is 16.9. The second-order valence-corrected chi connectivity index (χ2v) is 17.3. The molecule has 0 atom stereocenters. The average Bonchev–Trinajstić information content (AvgIpc) is 3.29. The van der Waals surface area contributed by atoms with Crippen LogP contribution >= 0.6 is 0 Å². The summed E-state index contributed by atoms with van der Waals surface area (Å²) < 4.78 is 18.7. The third-order valence-corrected chi connectivity index (χ3v) is 9.26. The molecule has 0 bridgehead atoms. The van der Waals surface area contributed by atoms with Crippen molar-refractivity contribution in [2.24, 2.45) is 5.41 Å². The van der Waals surface area contributed by atoms with E-state index in [0.29, 0.717) is 18.2 Å². The van der Waals surface area contributed by atoms with Crippen molar-refractivity contribution >= 4 is 11.0 Å². The highest BCUT2D eigenvalue weighted by Gasteiger charge is 2.36. The molecule has 0 amide bonds. The van der Waals surface area contributed by atoms with Crippen LogP contribution in [0.4, 0.5) is 0 Å². The quantitative estimate of drug-likeness (QED) is 0.216. The highest BCUT2D eigenvalue weighted by molar-refractivity contribution is 5.79. The van der Waals surface area contributed by atoms with Gasteiger partial charge in [-0.2, -0.15) is 0 Å². The number of nitrogens with one attached hydrogen (secondary N) is 2. The molecule has 3 aromatic rings. The monoisotopic (exact) mass is 602 g/mol. The van der Waals surface area contributed by atoms with Crippen molar-refractivity contribution in [3.63, 3.8) is 0 Å².